The summed E-state index contributed by atoms with van der Waals surface area (Å²) in [5.41, 5.74) is -0.850. The molecule has 0 unspecified atom stereocenters. The topological polar surface area (TPSA) is 31.6 Å². The second kappa shape index (κ2) is 2.12. The molecule has 0 aliphatic rings. The number of H-pyrrole nitrogens is 2. The first kappa shape index (κ1) is 7.33. The molecule has 0 amide bonds. The Morgan fingerprint density at radius 2 is 2.00 bits per heavy atom. The number of aromatic amines is 2. The fourth-order valence-corrected chi connectivity index (χ4v) is 0.654. The summed E-state index contributed by atoms with van der Waals surface area (Å²) in [7, 11) is 0. The third kappa shape index (κ3) is 1.38. The van der Waals surface area contributed by atoms with Gasteiger partial charge in [0.15, 0.2) is 4.77 Å². The van der Waals surface area contributed by atoms with Crippen molar-refractivity contribution in [3.63, 3.8) is 0 Å². The highest BCUT2D eigenvalue weighted by Crippen LogP contribution is 2.26. The molecule has 0 bridgehead atoms. The van der Waals surface area contributed by atoms with Gasteiger partial charge >= 0.3 is 6.18 Å². The van der Waals surface area contributed by atoms with Crippen LogP contribution in [0.4, 0.5) is 13.2 Å². The maximum Gasteiger partial charge on any atom is 0.432 e. The molecule has 1 rings (SSSR count). The molecule has 56 valence electrons. The van der Waals surface area contributed by atoms with Crippen molar-refractivity contribution >= 4 is 12.2 Å². The minimum atomic E-state index is -4.34. The highest BCUT2D eigenvalue weighted by atomic mass is 32.1. The van der Waals surface area contributed by atoms with E-state index in [0.717, 1.165) is 6.20 Å². The zero-order chi connectivity index (χ0) is 7.78. The Kier molecular flexibility index (Phi) is 1.55. The van der Waals surface area contributed by atoms with E-state index in [0.29, 0.717) is 0 Å². The van der Waals surface area contributed by atoms with Gasteiger partial charge in [0.1, 0.15) is 5.69 Å². The molecule has 0 saturated carbocycles. The Morgan fingerprint density at radius 3 is 2.20 bits per heavy atom. The monoisotopic (exact) mass is 168 g/mol. The van der Waals surface area contributed by atoms with Crippen LogP contribution in [0.15, 0.2) is 6.20 Å². The number of alkyl halides is 3. The van der Waals surface area contributed by atoms with Gasteiger partial charge in [0.2, 0.25) is 0 Å². The van der Waals surface area contributed by atoms with E-state index in [1.54, 1.807) is 0 Å². The van der Waals surface area contributed by atoms with Crippen molar-refractivity contribution in [3.05, 3.63) is 16.7 Å². The summed E-state index contributed by atoms with van der Waals surface area (Å²) < 4.78 is 35.1. The van der Waals surface area contributed by atoms with E-state index < -0.39 is 11.9 Å². The molecule has 0 atom stereocenters. The number of aromatic nitrogens is 2. The Balaban J connectivity index is 3.07. The molecule has 10 heavy (non-hydrogen) atoms. The minimum Gasteiger partial charge on any atom is -0.337 e. The molecule has 0 aliphatic carbocycles. The first-order valence-electron chi connectivity index (χ1n) is 2.35. The molecular weight excluding hydrogens is 165 g/mol. The summed E-state index contributed by atoms with van der Waals surface area (Å²) in [6.07, 6.45) is -3.55. The van der Waals surface area contributed by atoms with E-state index in [1.807, 2.05) is 4.98 Å². The van der Waals surface area contributed by atoms with Gasteiger partial charge in [-0.25, -0.2) is 0 Å². The van der Waals surface area contributed by atoms with Crippen LogP contribution in [0.25, 0.3) is 0 Å². The largest absolute Gasteiger partial charge is 0.432 e. The molecular formula is C4H3F3N2S. The van der Waals surface area contributed by atoms with Gasteiger partial charge in [0.25, 0.3) is 0 Å². The van der Waals surface area contributed by atoms with E-state index in [9.17, 15) is 13.2 Å². The molecule has 1 aromatic heterocycles. The number of imidazole rings is 1. The predicted molar refractivity (Wildman–Crippen MR) is 31.0 cm³/mol. The molecule has 2 N–H and O–H groups in total. The predicted octanol–water partition coefficient (Wildman–Crippen LogP) is 2.09. The average Bonchev–Trinajstić information content (AvgIpc) is 2.11. The maximum atomic E-state index is 11.7. The van der Waals surface area contributed by atoms with Gasteiger partial charge in [-0.3, -0.25) is 0 Å². The molecule has 0 saturated heterocycles. The number of hydrogen-bond acceptors (Lipinski definition) is 1. The average molecular weight is 168 g/mol. The molecule has 0 radical (unpaired) electrons. The quantitative estimate of drug-likeness (QED) is 0.571. The van der Waals surface area contributed by atoms with E-state index in [1.165, 1.54) is 0 Å². The lowest BCUT2D eigenvalue weighted by atomic mass is 10.5. The molecule has 1 aromatic rings. The van der Waals surface area contributed by atoms with Gasteiger partial charge in [0, 0.05) is 6.20 Å². The Morgan fingerprint density at radius 1 is 1.40 bits per heavy atom. The van der Waals surface area contributed by atoms with Crippen molar-refractivity contribution in [1.29, 1.82) is 0 Å². The Bertz CT molecular complexity index is 271. The fraction of sp³-hybridized carbons (Fsp3) is 0.250. The van der Waals surface area contributed by atoms with Crippen LogP contribution in [0, 0.1) is 4.77 Å². The van der Waals surface area contributed by atoms with Crippen molar-refractivity contribution in [2.75, 3.05) is 0 Å². The smallest absolute Gasteiger partial charge is 0.337 e. The second-order valence-corrected chi connectivity index (χ2v) is 2.06. The van der Waals surface area contributed by atoms with E-state index in [-0.39, 0.29) is 4.77 Å². The van der Waals surface area contributed by atoms with Crippen LogP contribution >= 0.6 is 12.2 Å². The van der Waals surface area contributed by atoms with E-state index >= 15 is 0 Å². The van der Waals surface area contributed by atoms with Crippen LogP contribution in [0.3, 0.4) is 0 Å². The fourth-order valence-electron chi connectivity index (χ4n) is 0.485. The molecule has 0 fully saturated rings. The standard InChI is InChI=1S/C4H3F3N2S/c5-4(6,7)2-1-8-3(10)9-2/h1H,(H2,8,9,10). The Hall–Kier alpha value is -0.780. The summed E-state index contributed by atoms with van der Waals surface area (Å²) in [6, 6.07) is 0. The summed E-state index contributed by atoms with van der Waals surface area (Å²) in [5.74, 6) is 0. The molecule has 0 aromatic carbocycles. The summed E-state index contributed by atoms with van der Waals surface area (Å²) >= 11 is 4.39. The van der Waals surface area contributed by atoms with Gasteiger partial charge in [-0.15, -0.1) is 0 Å². The van der Waals surface area contributed by atoms with Crippen LogP contribution in [-0.2, 0) is 6.18 Å². The highest BCUT2D eigenvalue weighted by Gasteiger charge is 2.31. The van der Waals surface area contributed by atoms with Crippen molar-refractivity contribution in [1.82, 2.24) is 9.97 Å². The molecule has 2 nitrogen and oxygen atoms in total. The van der Waals surface area contributed by atoms with Crippen molar-refractivity contribution in [3.8, 4) is 0 Å². The summed E-state index contributed by atoms with van der Waals surface area (Å²) in [5, 5.41) is 0. The first-order chi connectivity index (χ1) is 4.50. The lowest BCUT2D eigenvalue weighted by molar-refractivity contribution is -0.140. The van der Waals surface area contributed by atoms with Crippen LogP contribution in [-0.4, -0.2) is 9.97 Å². The number of nitrogens with one attached hydrogen (secondary N) is 2. The number of hydrogen-bond donors (Lipinski definition) is 2. The van der Waals surface area contributed by atoms with Crippen molar-refractivity contribution in [2.45, 2.75) is 6.18 Å². The third-order valence-corrected chi connectivity index (χ3v) is 1.12. The number of rotatable bonds is 0. The number of halogens is 3. The van der Waals surface area contributed by atoms with Gasteiger partial charge < -0.3 is 9.97 Å². The normalized spacial score (nSPS) is 11.9. The van der Waals surface area contributed by atoms with Crippen LogP contribution < -0.4 is 0 Å². The van der Waals surface area contributed by atoms with Gasteiger partial charge in [-0.2, -0.15) is 13.2 Å². The van der Waals surface area contributed by atoms with E-state index in [2.05, 4.69) is 17.2 Å². The van der Waals surface area contributed by atoms with Crippen LogP contribution in [0.2, 0.25) is 0 Å². The van der Waals surface area contributed by atoms with Gasteiger partial charge in [-0.05, 0) is 12.2 Å². The lowest BCUT2D eigenvalue weighted by Crippen LogP contribution is -2.04. The van der Waals surface area contributed by atoms with Crippen molar-refractivity contribution in [2.24, 2.45) is 0 Å². The second-order valence-electron chi connectivity index (χ2n) is 1.65. The third-order valence-electron chi connectivity index (χ3n) is 0.901. The molecule has 0 aliphatic heterocycles. The summed E-state index contributed by atoms with van der Waals surface area (Å²) in [6.45, 7) is 0. The zero-order valence-corrected chi connectivity index (χ0v) is 5.44. The SMILES string of the molecule is FC(F)(F)c1c[nH]c(=S)[nH]1. The maximum absolute atomic E-state index is 11.7. The van der Waals surface area contributed by atoms with E-state index in [4.69, 9.17) is 0 Å². The van der Waals surface area contributed by atoms with Gasteiger partial charge in [-0.1, -0.05) is 0 Å². The Labute approximate surface area is 59.1 Å². The van der Waals surface area contributed by atoms with Crippen LogP contribution in [0.5, 0.6) is 0 Å². The van der Waals surface area contributed by atoms with Gasteiger partial charge in [0.05, 0.1) is 0 Å². The molecule has 0 spiro atoms. The first-order valence-corrected chi connectivity index (χ1v) is 2.76. The van der Waals surface area contributed by atoms with Crippen LogP contribution in [0.1, 0.15) is 5.69 Å². The zero-order valence-electron chi connectivity index (χ0n) is 4.62. The lowest BCUT2D eigenvalue weighted by Gasteiger charge is -1.99. The molecule has 1 heterocycles. The highest BCUT2D eigenvalue weighted by molar-refractivity contribution is 7.71. The van der Waals surface area contributed by atoms with Crippen molar-refractivity contribution < 1.29 is 13.2 Å². The minimum absolute atomic E-state index is 0.0210. The summed E-state index contributed by atoms with van der Waals surface area (Å²) in [4.78, 5) is 4.16. The molecule has 6 heteroatoms.